The highest BCUT2D eigenvalue weighted by molar-refractivity contribution is 5.99. The molecule has 1 aliphatic rings. The van der Waals surface area contributed by atoms with Crippen LogP contribution < -0.4 is 10.6 Å². The highest BCUT2D eigenvalue weighted by atomic mass is 19.4. The summed E-state index contributed by atoms with van der Waals surface area (Å²) in [5.41, 5.74) is 1.49. The number of nitrogens with one attached hydrogen (secondary N) is 2. The van der Waals surface area contributed by atoms with Crippen LogP contribution in [0.25, 0.3) is 5.65 Å². The Hall–Kier alpha value is -4.30. The molecule has 38 heavy (non-hydrogen) atoms. The van der Waals surface area contributed by atoms with E-state index >= 15 is 0 Å². The number of imidazole rings is 1. The summed E-state index contributed by atoms with van der Waals surface area (Å²) in [6.07, 6.45) is 2.07. The van der Waals surface area contributed by atoms with Crippen LogP contribution in [0.2, 0.25) is 0 Å². The van der Waals surface area contributed by atoms with Crippen molar-refractivity contribution in [3.05, 3.63) is 77.4 Å². The summed E-state index contributed by atoms with van der Waals surface area (Å²) in [5.74, 6) is 6.25. The average molecular weight is 522 g/mol. The molecule has 0 radical (unpaired) electrons. The summed E-state index contributed by atoms with van der Waals surface area (Å²) in [7, 11) is 1.68. The lowest BCUT2D eigenvalue weighted by Crippen LogP contribution is -2.30. The molecule has 8 nitrogen and oxygen atoms in total. The van der Waals surface area contributed by atoms with E-state index in [0.29, 0.717) is 11.4 Å². The fourth-order valence-electron chi connectivity index (χ4n) is 4.49. The number of halogens is 3. The average Bonchev–Trinajstić information content (AvgIpc) is 3.46. The minimum atomic E-state index is -4.53. The summed E-state index contributed by atoms with van der Waals surface area (Å²) in [4.78, 5) is 18.9. The molecule has 4 heterocycles. The van der Waals surface area contributed by atoms with Gasteiger partial charge in [0.1, 0.15) is 17.0 Å². The Labute approximate surface area is 217 Å². The fraction of sp³-hybridized carbons (Fsp3) is 0.296. The van der Waals surface area contributed by atoms with Gasteiger partial charge in [0.2, 0.25) is 0 Å². The number of piperidine rings is 1. The molecule has 0 bridgehead atoms. The van der Waals surface area contributed by atoms with Crippen LogP contribution in [0.15, 0.2) is 54.9 Å². The lowest BCUT2D eigenvalue weighted by Gasteiger charge is -2.27. The summed E-state index contributed by atoms with van der Waals surface area (Å²) in [5, 5.41) is 9.26. The summed E-state index contributed by atoms with van der Waals surface area (Å²) >= 11 is 0. The number of pyridine rings is 1. The van der Waals surface area contributed by atoms with Gasteiger partial charge in [-0.3, -0.25) is 19.3 Å². The first-order valence-corrected chi connectivity index (χ1v) is 12.2. The van der Waals surface area contributed by atoms with E-state index in [-0.39, 0.29) is 23.6 Å². The third-order valence-electron chi connectivity index (χ3n) is 6.37. The Kier molecular flexibility index (Phi) is 7.07. The maximum atomic E-state index is 13.8. The molecule has 2 amide bonds. The molecular weight excluding hydrogens is 495 g/mol. The molecule has 0 unspecified atom stereocenters. The van der Waals surface area contributed by atoms with Crippen LogP contribution in [-0.4, -0.2) is 43.2 Å². The van der Waals surface area contributed by atoms with E-state index in [4.69, 9.17) is 0 Å². The van der Waals surface area contributed by atoms with E-state index in [1.165, 1.54) is 16.8 Å². The number of urea groups is 1. The van der Waals surface area contributed by atoms with E-state index < -0.39 is 17.8 Å². The van der Waals surface area contributed by atoms with Crippen molar-refractivity contribution in [3.63, 3.8) is 0 Å². The van der Waals surface area contributed by atoms with E-state index in [2.05, 4.69) is 32.6 Å². The topological polar surface area (TPSA) is 79.5 Å². The molecule has 1 aromatic carbocycles. The molecule has 196 valence electrons. The van der Waals surface area contributed by atoms with Crippen molar-refractivity contribution in [2.45, 2.75) is 32.0 Å². The van der Waals surface area contributed by atoms with E-state index in [9.17, 15) is 18.0 Å². The third kappa shape index (κ3) is 5.81. The third-order valence-corrected chi connectivity index (χ3v) is 6.37. The first kappa shape index (κ1) is 25.4. The fourth-order valence-corrected chi connectivity index (χ4v) is 4.49. The second kappa shape index (κ2) is 10.6. The summed E-state index contributed by atoms with van der Waals surface area (Å²) in [6.45, 7) is 1.80. The van der Waals surface area contributed by atoms with Crippen LogP contribution in [0.5, 0.6) is 0 Å². The number of benzene rings is 1. The zero-order chi connectivity index (χ0) is 26.7. The Bertz CT molecular complexity index is 1520. The van der Waals surface area contributed by atoms with Crippen LogP contribution in [0, 0.1) is 11.8 Å². The molecular formula is C27H26F3N7O. The summed E-state index contributed by atoms with van der Waals surface area (Å²) in [6, 6.07) is 10.4. The minimum Gasteiger partial charge on any atom is -0.308 e. The number of nitrogens with zero attached hydrogens (tertiary/aromatic N) is 5. The molecule has 3 aromatic heterocycles. The molecule has 2 N–H and O–H groups in total. The number of anilines is 2. The molecule has 1 saturated heterocycles. The lowest BCUT2D eigenvalue weighted by molar-refractivity contribution is -0.138. The van der Waals surface area contributed by atoms with Gasteiger partial charge in [0.25, 0.3) is 0 Å². The Balaban J connectivity index is 1.27. The Morgan fingerprint density at radius 2 is 1.82 bits per heavy atom. The quantitative estimate of drug-likeness (QED) is 0.366. The number of aromatic nitrogens is 4. The van der Waals surface area contributed by atoms with Crippen molar-refractivity contribution in [2.24, 2.45) is 7.05 Å². The molecule has 0 aliphatic carbocycles. The van der Waals surface area contributed by atoms with Gasteiger partial charge in [-0.25, -0.2) is 9.78 Å². The van der Waals surface area contributed by atoms with Crippen molar-refractivity contribution in [2.75, 3.05) is 23.7 Å². The largest absolute Gasteiger partial charge is 0.416 e. The van der Waals surface area contributed by atoms with Gasteiger partial charge in [-0.1, -0.05) is 18.6 Å². The second-order valence-corrected chi connectivity index (χ2v) is 9.15. The number of carbonyl (C=O) groups is 1. The number of amides is 2. The number of hydrogen-bond donors (Lipinski definition) is 2. The van der Waals surface area contributed by atoms with Gasteiger partial charge in [-0.15, -0.1) is 0 Å². The molecule has 1 aliphatic heterocycles. The lowest BCUT2D eigenvalue weighted by atomic mass is 10.0. The molecule has 4 aromatic rings. The van der Waals surface area contributed by atoms with Gasteiger partial charge in [0.05, 0.1) is 11.8 Å². The predicted octanol–water partition coefficient (Wildman–Crippen LogP) is 5.12. The van der Waals surface area contributed by atoms with Gasteiger partial charge in [0.15, 0.2) is 5.82 Å². The number of likely N-dealkylation sites (tertiary alicyclic amines) is 1. The van der Waals surface area contributed by atoms with Crippen LogP contribution in [0.3, 0.4) is 0 Å². The monoisotopic (exact) mass is 521 g/mol. The molecule has 1 fully saturated rings. The Morgan fingerprint density at radius 3 is 2.61 bits per heavy atom. The highest BCUT2D eigenvalue weighted by Crippen LogP contribution is 2.35. The first-order valence-electron chi connectivity index (χ1n) is 12.2. The van der Waals surface area contributed by atoms with Crippen molar-refractivity contribution in [1.29, 1.82) is 0 Å². The number of fused-ring (bicyclic) bond motifs is 1. The molecule has 5 rings (SSSR count). The van der Waals surface area contributed by atoms with Gasteiger partial charge in [-0.05, 0) is 67.6 Å². The van der Waals surface area contributed by atoms with Gasteiger partial charge in [0, 0.05) is 31.5 Å². The zero-order valence-corrected chi connectivity index (χ0v) is 20.7. The Morgan fingerprint density at radius 1 is 1.03 bits per heavy atom. The maximum absolute atomic E-state index is 13.8. The van der Waals surface area contributed by atoms with Gasteiger partial charge >= 0.3 is 12.2 Å². The SMILES string of the molecule is Cn1nc(NC(=O)Nc2ccc(CN3CCCCC3)c(C(F)(F)F)c2)cc1C#Cc1cnc2ccccn12. The van der Waals surface area contributed by atoms with Crippen LogP contribution in [-0.2, 0) is 19.8 Å². The normalized spacial score (nSPS) is 14.2. The van der Waals surface area contributed by atoms with Gasteiger partial charge < -0.3 is 5.32 Å². The van der Waals surface area contributed by atoms with Gasteiger partial charge in [-0.2, -0.15) is 18.3 Å². The van der Waals surface area contributed by atoms with E-state index in [0.717, 1.165) is 44.1 Å². The van der Waals surface area contributed by atoms with E-state index in [1.54, 1.807) is 19.3 Å². The maximum Gasteiger partial charge on any atom is 0.416 e. The molecule has 0 saturated carbocycles. The predicted molar refractivity (Wildman–Crippen MR) is 138 cm³/mol. The molecule has 0 spiro atoms. The standard InChI is InChI=1S/C27H26F3N7O/c1-35-21(10-11-22-17-31-25-7-3-6-14-37(22)25)16-24(34-35)33-26(38)32-20-9-8-19(23(15-20)27(28,29)30)18-36-12-4-2-5-13-36/h3,6-9,14-17H,2,4-5,12-13,18H2,1H3,(H2,32,33,34,38). The number of carbonyl (C=O) groups excluding carboxylic acids is 1. The molecule has 11 heteroatoms. The van der Waals surface area contributed by atoms with Crippen LogP contribution in [0.1, 0.15) is 41.8 Å². The highest BCUT2D eigenvalue weighted by Gasteiger charge is 2.34. The van der Waals surface area contributed by atoms with Crippen molar-refractivity contribution in [3.8, 4) is 11.8 Å². The number of hydrogen-bond acceptors (Lipinski definition) is 4. The van der Waals surface area contributed by atoms with Crippen LogP contribution >= 0.6 is 0 Å². The number of alkyl halides is 3. The smallest absolute Gasteiger partial charge is 0.308 e. The van der Waals surface area contributed by atoms with Crippen molar-refractivity contribution >= 4 is 23.2 Å². The zero-order valence-electron chi connectivity index (χ0n) is 20.7. The van der Waals surface area contributed by atoms with Crippen molar-refractivity contribution < 1.29 is 18.0 Å². The van der Waals surface area contributed by atoms with E-state index in [1.807, 2.05) is 33.7 Å². The minimum absolute atomic E-state index is 0.0424. The first-order chi connectivity index (χ1) is 18.3. The van der Waals surface area contributed by atoms with Crippen molar-refractivity contribution in [1.82, 2.24) is 24.1 Å². The van der Waals surface area contributed by atoms with Crippen LogP contribution in [0.4, 0.5) is 29.5 Å². The molecule has 0 atom stereocenters. The number of aryl methyl sites for hydroxylation is 1. The summed E-state index contributed by atoms with van der Waals surface area (Å²) < 4.78 is 44.7. The number of rotatable bonds is 4. The second-order valence-electron chi connectivity index (χ2n) is 9.15.